The van der Waals surface area contributed by atoms with Crippen molar-refractivity contribution in [1.82, 2.24) is 4.98 Å². The molecule has 0 spiro atoms. The Balaban J connectivity index is 1.52. The normalized spacial score (nSPS) is 12.9. The van der Waals surface area contributed by atoms with E-state index in [1.54, 1.807) is 31.4 Å². The van der Waals surface area contributed by atoms with E-state index < -0.39 is 0 Å². The number of benzene rings is 2. The quantitative estimate of drug-likeness (QED) is 0.719. The first-order chi connectivity index (χ1) is 13.1. The number of ether oxygens (including phenoxy) is 1. The molecule has 1 aliphatic heterocycles. The van der Waals surface area contributed by atoms with Gasteiger partial charge in [-0.05, 0) is 42.3 Å². The first-order valence-electron chi connectivity index (χ1n) is 8.46. The Kier molecular flexibility index (Phi) is 4.60. The van der Waals surface area contributed by atoms with E-state index in [4.69, 9.17) is 4.74 Å². The molecule has 2 aromatic carbocycles. The number of carbonyl (C=O) groups is 2. The van der Waals surface area contributed by atoms with Crippen molar-refractivity contribution in [3.8, 4) is 17.0 Å². The van der Waals surface area contributed by atoms with Gasteiger partial charge in [0.15, 0.2) is 5.13 Å². The molecule has 2 N–H and O–H groups in total. The van der Waals surface area contributed by atoms with E-state index in [9.17, 15) is 9.59 Å². The molecule has 0 radical (unpaired) electrons. The molecule has 3 aromatic rings. The minimum absolute atomic E-state index is 0.0476. The summed E-state index contributed by atoms with van der Waals surface area (Å²) in [6.07, 6.45) is 1.22. The van der Waals surface area contributed by atoms with E-state index in [-0.39, 0.29) is 11.8 Å². The number of anilines is 2. The molecule has 0 bridgehead atoms. The zero-order valence-electron chi connectivity index (χ0n) is 14.6. The number of aromatic nitrogens is 1. The van der Waals surface area contributed by atoms with Crippen LogP contribution in [0.1, 0.15) is 22.3 Å². The van der Waals surface area contributed by atoms with Crippen LogP contribution >= 0.6 is 11.3 Å². The Morgan fingerprint density at radius 2 is 2.11 bits per heavy atom. The Hall–Kier alpha value is -3.19. The summed E-state index contributed by atoms with van der Waals surface area (Å²) < 4.78 is 5.15. The Bertz CT molecular complexity index is 1030. The summed E-state index contributed by atoms with van der Waals surface area (Å²) in [7, 11) is 1.56. The topological polar surface area (TPSA) is 80.3 Å². The van der Waals surface area contributed by atoms with Gasteiger partial charge < -0.3 is 10.1 Å². The molecule has 1 aliphatic rings. The van der Waals surface area contributed by atoms with Crippen molar-refractivity contribution in [3.63, 3.8) is 0 Å². The number of hydrogen-bond donors (Lipinski definition) is 2. The Morgan fingerprint density at radius 3 is 2.96 bits per heavy atom. The molecule has 2 amide bonds. The number of carbonyl (C=O) groups excluding carboxylic acids is 2. The van der Waals surface area contributed by atoms with Crippen molar-refractivity contribution in [3.05, 3.63) is 59.0 Å². The first-order valence-corrected chi connectivity index (χ1v) is 9.34. The predicted molar refractivity (Wildman–Crippen MR) is 105 cm³/mol. The van der Waals surface area contributed by atoms with Crippen LogP contribution in [0.25, 0.3) is 11.3 Å². The van der Waals surface area contributed by atoms with Crippen molar-refractivity contribution < 1.29 is 14.3 Å². The van der Waals surface area contributed by atoms with Gasteiger partial charge in [0, 0.05) is 28.6 Å². The smallest absolute Gasteiger partial charge is 0.257 e. The fraction of sp³-hybridized carbons (Fsp3) is 0.150. The second-order valence-electron chi connectivity index (χ2n) is 6.14. The largest absolute Gasteiger partial charge is 0.497 e. The molecule has 7 heteroatoms. The summed E-state index contributed by atoms with van der Waals surface area (Å²) in [5.41, 5.74) is 4.22. The van der Waals surface area contributed by atoms with Crippen molar-refractivity contribution in [1.29, 1.82) is 0 Å². The molecule has 4 rings (SSSR count). The monoisotopic (exact) mass is 379 g/mol. The highest BCUT2D eigenvalue weighted by molar-refractivity contribution is 7.14. The fourth-order valence-electron chi connectivity index (χ4n) is 2.94. The van der Waals surface area contributed by atoms with Gasteiger partial charge in [-0.2, -0.15) is 0 Å². The standard InChI is InChI=1S/C20H17N3O3S/c1-26-15-4-2-3-14(10-15)19(25)23-20-22-17(11-27-20)13-5-7-16-12(9-13)6-8-18(24)21-16/h2-5,7,9-11H,6,8H2,1H3,(H,21,24)(H,22,23,25). The average molecular weight is 379 g/mol. The number of hydrogen-bond acceptors (Lipinski definition) is 5. The van der Waals surface area contributed by atoms with Gasteiger partial charge in [0.1, 0.15) is 5.75 Å². The van der Waals surface area contributed by atoms with Crippen LogP contribution in [0, 0.1) is 0 Å². The van der Waals surface area contributed by atoms with Gasteiger partial charge in [0.05, 0.1) is 12.8 Å². The highest BCUT2D eigenvalue weighted by atomic mass is 32.1. The number of aryl methyl sites for hydroxylation is 1. The highest BCUT2D eigenvalue weighted by Gasteiger charge is 2.16. The number of amides is 2. The molecular weight excluding hydrogens is 362 g/mol. The average Bonchev–Trinajstić information content (AvgIpc) is 3.16. The second kappa shape index (κ2) is 7.20. The SMILES string of the molecule is COc1cccc(C(=O)Nc2nc(-c3ccc4c(c3)CCC(=O)N4)cs2)c1. The lowest BCUT2D eigenvalue weighted by Crippen LogP contribution is -2.18. The molecule has 0 unspecified atom stereocenters. The number of rotatable bonds is 4. The van der Waals surface area contributed by atoms with Crippen LogP contribution in [0.5, 0.6) is 5.75 Å². The molecule has 2 heterocycles. The first kappa shape index (κ1) is 17.2. The van der Waals surface area contributed by atoms with Gasteiger partial charge in [0.25, 0.3) is 5.91 Å². The van der Waals surface area contributed by atoms with Crippen molar-refractivity contribution in [2.45, 2.75) is 12.8 Å². The number of nitrogens with zero attached hydrogens (tertiary/aromatic N) is 1. The summed E-state index contributed by atoms with van der Waals surface area (Å²) in [5, 5.41) is 8.14. The van der Waals surface area contributed by atoms with Gasteiger partial charge in [0.2, 0.25) is 5.91 Å². The zero-order valence-corrected chi connectivity index (χ0v) is 15.4. The molecule has 27 heavy (non-hydrogen) atoms. The summed E-state index contributed by atoms with van der Waals surface area (Å²) in [5.74, 6) is 0.443. The molecular formula is C20H17N3O3S. The van der Waals surface area contributed by atoms with Crippen LogP contribution in [0.3, 0.4) is 0 Å². The number of methoxy groups -OCH3 is 1. The highest BCUT2D eigenvalue weighted by Crippen LogP contribution is 2.30. The minimum atomic E-state index is -0.233. The molecule has 0 saturated carbocycles. The van der Waals surface area contributed by atoms with Crippen molar-refractivity contribution >= 4 is 34.0 Å². The summed E-state index contributed by atoms with van der Waals surface area (Å²) in [4.78, 5) is 28.4. The lowest BCUT2D eigenvalue weighted by Gasteiger charge is -2.17. The summed E-state index contributed by atoms with van der Waals surface area (Å²) >= 11 is 1.37. The molecule has 0 saturated heterocycles. The van der Waals surface area contributed by atoms with Crippen molar-refractivity contribution in [2.24, 2.45) is 0 Å². The maximum absolute atomic E-state index is 12.4. The van der Waals surface area contributed by atoms with E-state index in [0.29, 0.717) is 22.9 Å². The zero-order chi connectivity index (χ0) is 18.8. The molecule has 0 fully saturated rings. The Labute approximate surface area is 160 Å². The van der Waals surface area contributed by atoms with Gasteiger partial charge in [-0.25, -0.2) is 4.98 Å². The third-order valence-electron chi connectivity index (χ3n) is 4.35. The van der Waals surface area contributed by atoms with Gasteiger partial charge in [-0.3, -0.25) is 14.9 Å². The number of fused-ring (bicyclic) bond motifs is 1. The van der Waals surface area contributed by atoms with E-state index in [1.165, 1.54) is 11.3 Å². The van der Waals surface area contributed by atoms with Crippen LogP contribution in [0.4, 0.5) is 10.8 Å². The van der Waals surface area contributed by atoms with E-state index >= 15 is 0 Å². The van der Waals surface area contributed by atoms with Crippen LogP contribution in [-0.4, -0.2) is 23.9 Å². The molecule has 6 nitrogen and oxygen atoms in total. The van der Waals surface area contributed by atoms with Gasteiger partial charge >= 0.3 is 0 Å². The van der Waals surface area contributed by atoms with Crippen LogP contribution < -0.4 is 15.4 Å². The molecule has 0 atom stereocenters. The fourth-order valence-corrected chi connectivity index (χ4v) is 3.65. The van der Waals surface area contributed by atoms with E-state index in [2.05, 4.69) is 15.6 Å². The van der Waals surface area contributed by atoms with Gasteiger partial charge in [-0.1, -0.05) is 12.1 Å². The lowest BCUT2D eigenvalue weighted by atomic mass is 9.99. The summed E-state index contributed by atoms with van der Waals surface area (Å²) in [6, 6.07) is 12.8. The third-order valence-corrected chi connectivity index (χ3v) is 5.11. The maximum Gasteiger partial charge on any atom is 0.257 e. The van der Waals surface area contributed by atoms with E-state index in [1.807, 2.05) is 23.6 Å². The number of thiazole rings is 1. The van der Waals surface area contributed by atoms with Crippen molar-refractivity contribution in [2.75, 3.05) is 17.7 Å². The molecule has 0 aliphatic carbocycles. The third kappa shape index (κ3) is 3.68. The lowest BCUT2D eigenvalue weighted by molar-refractivity contribution is -0.116. The molecule has 136 valence electrons. The van der Waals surface area contributed by atoms with Crippen LogP contribution in [0.2, 0.25) is 0 Å². The minimum Gasteiger partial charge on any atom is -0.497 e. The summed E-state index contributed by atoms with van der Waals surface area (Å²) in [6.45, 7) is 0. The van der Waals surface area contributed by atoms with Gasteiger partial charge in [-0.15, -0.1) is 11.3 Å². The number of nitrogens with one attached hydrogen (secondary N) is 2. The van der Waals surface area contributed by atoms with Crippen LogP contribution in [-0.2, 0) is 11.2 Å². The predicted octanol–water partition coefficient (Wildman–Crippen LogP) is 3.96. The Morgan fingerprint density at radius 1 is 1.22 bits per heavy atom. The second-order valence-corrected chi connectivity index (χ2v) is 7.00. The maximum atomic E-state index is 12.4. The molecule has 1 aromatic heterocycles. The van der Waals surface area contributed by atoms with Crippen LogP contribution in [0.15, 0.2) is 47.8 Å². The van der Waals surface area contributed by atoms with E-state index in [0.717, 1.165) is 28.9 Å².